The summed E-state index contributed by atoms with van der Waals surface area (Å²) in [4.78, 5) is 15.2. The number of hydrogen-bond donors (Lipinski definition) is 2. The van der Waals surface area contributed by atoms with Crippen LogP contribution in [0, 0.1) is 23.0 Å². The summed E-state index contributed by atoms with van der Waals surface area (Å²) < 4.78 is 66.9. The molecule has 278 valence electrons. The van der Waals surface area contributed by atoms with Gasteiger partial charge in [-0.3, -0.25) is 4.79 Å². The SMILES string of the molecule is COC(=O)[C@H](C)Cc1cccc([C@@](C)(CCCC(C)(C)CS(=O)(=O)CCO)c2nnc(-c3cc(Oc4c(F)cc5[nH]ccc5c4Br)ccc3F)s2)c1. The standard InChI is InChI=1S/C38H42BrF2N3O6S2/c1-23(35(46)49-5)18-24-8-6-9-25(19-24)38(4,14-7-13-37(2,3)22-52(47,48)17-16-45)36-44-43-34(51-36)28-20-26(10-11-29(28)40)50-33-30(41)21-31-27(32(33)39)12-15-42-31/h6,8-12,15,19-21,23,42,45H,7,13-14,16-18,22H2,1-5H3/t23-,38-/m1/s1. The minimum atomic E-state index is -3.43. The van der Waals surface area contributed by atoms with Crippen LogP contribution in [0.4, 0.5) is 8.78 Å². The molecule has 0 unspecified atom stereocenters. The number of carbonyl (C=O) groups is 1. The Morgan fingerprint density at radius 1 is 1.06 bits per heavy atom. The first-order chi connectivity index (χ1) is 24.6. The minimum absolute atomic E-state index is 0.0383. The third-order valence-electron chi connectivity index (χ3n) is 9.24. The number of methoxy groups -OCH3 is 1. The van der Waals surface area contributed by atoms with Crippen molar-refractivity contribution in [3.8, 4) is 22.1 Å². The zero-order valence-electron chi connectivity index (χ0n) is 29.6. The number of aliphatic hydroxyl groups excluding tert-OH is 1. The monoisotopic (exact) mass is 817 g/mol. The molecule has 0 saturated carbocycles. The van der Waals surface area contributed by atoms with E-state index in [-0.39, 0.29) is 40.5 Å². The zero-order valence-corrected chi connectivity index (χ0v) is 32.9. The van der Waals surface area contributed by atoms with Crippen molar-refractivity contribution in [2.24, 2.45) is 11.3 Å². The van der Waals surface area contributed by atoms with E-state index in [1.807, 2.05) is 45.0 Å². The predicted molar refractivity (Wildman–Crippen MR) is 202 cm³/mol. The fourth-order valence-electron chi connectivity index (χ4n) is 6.46. The molecule has 0 fully saturated rings. The van der Waals surface area contributed by atoms with Crippen LogP contribution in [0.15, 0.2) is 65.3 Å². The molecule has 0 amide bonds. The minimum Gasteiger partial charge on any atom is -0.469 e. The molecule has 0 bridgehead atoms. The Labute approximate surface area is 314 Å². The van der Waals surface area contributed by atoms with E-state index >= 15 is 8.78 Å². The lowest BCUT2D eigenvalue weighted by Gasteiger charge is -2.31. The second kappa shape index (κ2) is 16.1. The summed E-state index contributed by atoms with van der Waals surface area (Å²) in [6, 6.07) is 15.1. The van der Waals surface area contributed by atoms with Crippen molar-refractivity contribution < 1.29 is 36.6 Å². The van der Waals surface area contributed by atoms with Gasteiger partial charge in [0.05, 0.1) is 41.2 Å². The van der Waals surface area contributed by atoms with Crippen LogP contribution < -0.4 is 4.74 Å². The van der Waals surface area contributed by atoms with Gasteiger partial charge in [-0.2, -0.15) is 0 Å². The van der Waals surface area contributed by atoms with Crippen molar-refractivity contribution in [1.29, 1.82) is 0 Å². The summed E-state index contributed by atoms with van der Waals surface area (Å²) >= 11 is 4.66. The molecule has 2 N–H and O–H groups in total. The van der Waals surface area contributed by atoms with Gasteiger partial charge in [0.25, 0.3) is 0 Å². The first-order valence-corrected chi connectivity index (χ1v) is 20.2. The van der Waals surface area contributed by atoms with E-state index in [1.54, 1.807) is 19.2 Å². The zero-order chi connectivity index (χ0) is 37.8. The smallest absolute Gasteiger partial charge is 0.308 e. The second-order valence-electron chi connectivity index (χ2n) is 14.1. The van der Waals surface area contributed by atoms with Crippen LogP contribution >= 0.6 is 27.3 Å². The molecule has 0 aliphatic heterocycles. The number of aromatic amines is 1. The van der Waals surface area contributed by atoms with Crippen molar-refractivity contribution >= 4 is 54.0 Å². The van der Waals surface area contributed by atoms with Gasteiger partial charge in [0.2, 0.25) is 0 Å². The number of sulfone groups is 1. The van der Waals surface area contributed by atoms with E-state index < -0.39 is 38.9 Å². The molecule has 52 heavy (non-hydrogen) atoms. The summed E-state index contributed by atoms with van der Waals surface area (Å²) in [6.45, 7) is 7.21. The molecule has 5 aromatic rings. The van der Waals surface area contributed by atoms with Crippen LogP contribution in [-0.2, 0) is 31.2 Å². The molecule has 0 radical (unpaired) electrons. The van der Waals surface area contributed by atoms with Crippen LogP contribution in [0.2, 0.25) is 0 Å². The summed E-state index contributed by atoms with van der Waals surface area (Å²) in [6.07, 6.45) is 3.91. The van der Waals surface area contributed by atoms with Gasteiger partial charge in [0.15, 0.2) is 26.4 Å². The van der Waals surface area contributed by atoms with E-state index in [2.05, 4.69) is 31.1 Å². The summed E-state index contributed by atoms with van der Waals surface area (Å²) in [5.41, 5.74) is 1.29. The fraction of sp³-hybridized carbons (Fsp3) is 0.395. The number of aromatic nitrogens is 3. The van der Waals surface area contributed by atoms with Crippen molar-refractivity contribution in [3.05, 3.63) is 93.0 Å². The molecule has 0 saturated heterocycles. The van der Waals surface area contributed by atoms with Gasteiger partial charge in [-0.1, -0.05) is 62.8 Å². The molecule has 0 aliphatic rings. The average Bonchev–Trinajstić information content (AvgIpc) is 3.77. The highest BCUT2D eigenvalue weighted by atomic mass is 79.9. The lowest BCUT2D eigenvalue weighted by atomic mass is 9.76. The first kappa shape index (κ1) is 39.5. The predicted octanol–water partition coefficient (Wildman–Crippen LogP) is 8.78. The maximum atomic E-state index is 15.4. The molecule has 2 aromatic heterocycles. The third-order valence-corrected chi connectivity index (χ3v) is 13.3. The molecule has 0 spiro atoms. The number of rotatable bonds is 16. The van der Waals surface area contributed by atoms with Gasteiger partial charge >= 0.3 is 5.97 Å². The Kier molecular flexibility index (Phi) is 12.2. The molecule has 2 atom stereocenters. The van der Waals surface area contributed by atoms with Crippen molar-refractivity contribution in [3.63, 3.8) is 0 Å². The number of nitrogens with one attached hydrogen (secondary N) is 1. The Balaban J connectivity index is 1.47. The maximum absolute atomic E-state index is 15.4. The fourth-order valence-corrected chi connectivity index (χ4v) is 9.90. The van der Waals surface area contributed by atoms with Crippen molar-refractivity contribution in [1.82, 2.24) is 15.2 Å². The van der Waals surface area contributed by atoms with E-state index in [9.17, 15) is 18.3 Å². The molecule has 5 rings (SSSR count). The van der Waals surface area contributed by atoms with Gasteiger partial charge < -0.3 is 19.6 Å². The number of hydrogen-bond acceptors (Lipinski definition) is 9. The number of ether oxygens (including phenoxy) is 2. The molecule has 3 aromatic carbocycles. The number of carbonyl (C=O) groups excluding carboxylic acids is 1. The molecule has 14 heteroatoms. The van der Waals surface area contributed by atoms with Gasteiger partial charge in [-0.05, 0) is 82.9 Å². The Morgan fingerprint density at radius 3 is 2.56 bits per heavy atom. The van der Waals surface area contributed by atoms with Gasteiger partial charge in [0, 0.05) is 28.6 Å². The average molecular weight is 819 g/mol. The second-order valence-corrected chi connectivity index (χ2v) is 18.0. The van der Waals surface area contributed by atoms with E-state index in [0.717, 1.165) is 16.5 Å². The quantitative estimate of drug-likeness (QED) is 0.0946. The van der Waals surface area contributed by atoms with Crippen molar-refractivity contribution in [2.75, 3.05) is 25.2 Å². The van der Waals surface area contributed by atoms with Gasteiger partial charge in [0.1, 0.15) is 16.6 Å². The van der Waals surface area contributed by atoms with Crippen molar-refractivity contribution in [2.45, 2.75) is 58.8 Å². The lowest BCUT2D eigenvalue weighted by Crippen LogP contribution is -2.29. The third kappa shape index (κ3) is 9.07. The highest BCUT2D eigenvalue weighted by Gasteiger charge is 2.35. The van der Waals surface area contributed by atoms with Crippen LogP contribution in [0.3, 0.4) is 0 Å². The lowest BCUT2D eigenvalue weighted by molar-refractivity contribution is -0.144. The Morgan fingerprint density at radius 2 is 1.83 bits per heavy atom. The van der Waals surface area contributed by atoms with Crippen LogP contribution in [-0.4, -0.2) is 59.9 Å². The van der Waals surface area contributed by atoms with Crippen LogP contribution in [0.5, 0.6) is 11.5 Å². The van der Waals surface area contributed by atoms with E-state index in [0.29, 0.717) is 45.7 Å². The highest BCUT2D eigenvalue weighted by Crippen LogP contribution is 2.44. The number of H-pyrrole nitrogens is 1. The Hall–Kier alpha value is -3.72. The molecular weight excluding hydrogens is 776 g/mol. The largest absolute Gasteiger partial charge is 0.469 e. The van der Waals surface area contributed by atoms with Crippen LogP contribution in [0.1, 0.15) is 63.1 Å². The molecule has 9 nitrogen and oxygen atoms in total. The summed E-state index contributed by atoms with van der Waals surface area (Å²) in [7, 11) is -2.07. The van der Waals surface area contributed by atoms with E-state index in [1.165, 1.54) is 42.7 Å². The molecular formula is C38H42BrF2N3O6S2. The van der Waals surface area contributed by atoms with Gasteiger partial charge in [-0.25, -0.2) is 17.2 Å². The number of halogens is 3. The summed E-state index contributed by atoms with van der Waals surface area (Å²) in [5, 5.41) is 19.8. The number of nitrogens with zero attached hydrogens (tertiary/aromatic N) is 2. The van der Waals surface area contributed by atoms with E-state index in [4.69, 9.17) is 9.47 Å². The Bertz CT molecular complexity index is 2170. The number of benzene rings is 3. The summed E-state index contributed by atoms with van der Waals surface area (Å²) in [5.74, 6) is -2.00. The molecule has 2 heterocycles. The van der Waals surface area contributed by atoms with Crippen LogP contribution in [0.25, 0.3) is 21.5 Å². The first-order valence-electron chi connectivity index (χ1n) is 16.8. The highest BCUT2D eigenvalue weighted by molar-refractivity contribution is 9.10. The number of aliphatic hydroxyl groups is 1. The normalized spacial score (nSPS) is 13.9. The number of esters is 1. The van der Waals surface area contributed by atoms with Gasteiger partial charge in [-0.15, -0.1) is 10.2 Å². The number of fused-ring (bicyclic) bond motifs is 1. The topological polar surface area (TPSA) is 131 Å². The maximum Gasteiger partial charge on any atom is 0.308 e. The molecule has 0 aliphatic carbocycles.